The van der Waals surface area contributed by atoms with Crippen molar-refractivity contribution >= 4 is 28.7 Å². The van der Waals surface area contributed by atoms with Gasteiger partial charge in [0.2, 0.25) is 0 Å². The van der Waals surface area contributed by atoms with Crippen LogP contribution in [-0.4, -0.2) is 12.6 Å². The lowest BCUT2D eigenvalue weighted by Crippen LogP contribution is -2.16. The Hall–Kier alpha value is -3.78. The summed E-state index contributed by atoms with van der Waals surface area (Å²) in [5.74, 6) is -1.58. The van der Waals surface area contributed by atoms with Gasteiger partial charge in [0.15, 0.2) is 5.92 Å². The van der Waals surface area contributed by atoms with E-state index >= 15 is 0 Å². The molecule has 0 fully saturated rings. The van der Waals surface area contributed by atoms with Crippen molar-refractivity contribution in [3.8, 4) is 6.07 Å². The molecule has 0 saturated carbocycles. The molecule has 0 aromatic heterocycles. The molecule has 3 aromatic rings. The summed E-state index contributed by atoms with van der Waals surface area (Å²) in [7, 11) is 0. The summed E-state index contributed by atoms with van der Waals surface area (Å²) in [6, 6.07) is 27.0. The predicted octanol–water partition coefficient (Wildman–Crippen LogP) is 5.34. The predicted molar refractivity (Wildman–Crippen MR) is 111 cm³/mol. The van der Waals surface area contributed by atoms with E-state index in [1.165, 1.54) is 0 Å². The lowest BCUT2D eigenvalue weighted by molar-refractivity contribution is -0.143. The molecule has 140 valence electrons. The third kappa shape index (κ3) is 4.68. The zero-order valence-corrected chi connectivity index (χ0v) is 15.6. The van der Waals surface area contributed by atoms with Crippen LogP contribution in [0, 0.1) is 11.3 Å². The average molecular weight is 371 g/mol. The molecule has 1 atom stereocenters. The molecule has 0 aliphatic rings. The molecule has 0 bridgehead atoms. The van der Waals surface area contributed by atoms with E-state index < -0.39 is 11.9 Å². The van der Waals surface area contributed by atoms with Gasteiger partial charge in [-0.3, -0.25) is 4.79 Å². The number of anilines is 4. The molecule has 0 aliphatic heterocycles. The quantitative estimate of drug-likeness (QED) is 0.548. The van der Waals surface area contributed by atoms with Crippen molar-refractivity contribution in [2.24, 2.45) is 0 Å². The Labute approximate surface area is 164 Å². The largest absolute Gasteiger partial charge is 0.465 e. The van der Waals surface area contributed by atoms with E-state index in [4.69, 9.17) is 4.74 Å². The number of ether oxygens (including phenoxy) is 1. The van der Waals surface area contributed by atoms with Crippen LogP contribution in [0.25, 0.3) is 0 Å². The van der Waals surface area contributed by atoms with E-state index in [0.29, 0.717) is 11.3 Å². The molecule has 1 unspecified atom stereocenters. The molecule has 3 rings (SSSR count). The topological polar surface area (TPSA) is 74.2 Å². The highest BCUT2D eigenvalue weighted by molar-refractivity contribution is 5.85. The first-order chi connectivity index (χ1) is 13.7. The number of carbonyl (C=O) groups is 1. The van der Waals surface area contributed by atoms with Gasteiger partial charge in [-0.1, -0.05) is 36.4 Å². The van der Waals surface area contributed by atoms with E-state index in [1.807, 2.05) is 78.9 Å². The second kappa shape index (κ2) is 9.24. The van der Waals surface area contributed by atoms with E-state index in [2.05, 4.69) is 16.7 Å². The van der Waals surface area contributed by atoms with Gasteiger partial charge in [0.25, 0.3) is 0 Å². The molecule has 3 aromatic carbocycles. The van der Waals surface area contributed by atoms with Crippen molar-refractivity contribution in [2.75, 3.05) is 17.2 Å². The Morgan fingerprint density at radius 2 is 1.54 bits per heavy atom. The molecular formula is C23H21N3O2. The van der Waals surface area contributed by atoms with Crippen molar-refractivity contribution in [1.29, 1.82) is 5.26 Å². The molecule has 0 amide bonds. The maximum absolute atomic E-state index is 12.4. The number of nitrogens with one attached hydrogen (secondary N) is 2. The standard InChI is InChI=1S/C23H21N3O2/c1-2-28-23(27)21(16-24)20-15-19(25-17-9-5-3-6-10-17)13-14-22(20)26-18-11-7-4-8-12-18/h3-15,21,25-26H,2H2,1H3. The molecule has 0 saturated heterocycles. The first-order valence-corrected chi connectivity index (χ1v) is 9.05. The fourth-order valence-electron chi connectivity index (χ4n) is 2.83. The zero-order chi connectivity index (χ0) is 19.8. The zero-order valence-electron chi connectivity index (χ0n) is 15.6. The molecule has 28 heavy (non-hydrogen) atoms. The summed E-state index contributed by atoms with van der Waals surface area (Å²) >= 11 is 0. The van der Waals surface area contributed by atoms with Gasteiger partial charge in [-0.05, 0) is 49.4 Å². The fourth-order valence-corrected chi connectivity index (χ4v) is 2.83. The number of para-hydroxylation sites is 2. The average Bonchev–Trinajstić information content (AvgIpc) is 2.72. The van der Waals surface area contributed by atoms with Crippen LogP contribution >= 0.6 is 0 Å². The maximum atomic E-state index is 12.4. The molecule has 2 N–H and O–H groups in total. The second-order valence-electron chi connectivity index (χ2n) is 6.10. The minimum atomic E-state index is -1.02. The number of carbonyl (C=O) groups excluding carboxylic acids is 1. The molecular weight excluding hydrogens is 350 g/mol. The van der Waals surface area contributed by atoms with Crippen molar-refractivity contribution in [3.63, 3.8) is 0 Å². The summed E-state index contributed by atoms with van der Waals surface area (Å²) in [6.45, 7) is 1.95. The summed E-state index contributed by atoms with van der Waals surface area (Å²) in [6.07, 6.45) is 0. The lowest BCUT2D eigenvalue weighted by atomic mass is 9.97. The van der Waals surface area contributed by atoms with Crippen LogP contribution in [-0.2, 0) is 9.53 Å². The van der Waals surface area contributed by atoms with Crippen molar-refractivity contribution in [2.45, 2.75) is 12.8 Å². The van der Waals surface area contributed by atoms with E-state index in [-0.39, 0.29) is 6.61 Å². The monoisotopic (exact) mass is 371 g/mol. The van der Waals surface area contributed by atoms with Crippen molar-refractivity contribution in [1.82, 2.24) is 0 Å². The van der Waals surface area contributed by atoms with Crippen molar-refractivity contribution < 1.29 is 9.53 Å². The van der Waals surface area contributed by atoms with Crippen LogP contribution in [0.3, 0.4) is 0 Å². The van der Waals surface area contributed by atoms with Gasteiger partial charge in [0.05, 0.1) is 12.7 Å². The van der Waals surface area contributed by atoms with Gasteiger partial charge in [-0.2, -0.15) is 5.26 Å². The van der Waals surface area contributed by atoms with Crippen LogP contribution in [0.2, 0.25) is 0 Å². The van der Waals surface area contributed by atoms with Crippen LogP contribution in [0.5, 0.6) is 0 Å². The third-order valence-corrected chi connectivity index (χ3v) is 4.13. The highest BCUT2D eigenvalue weighted by Gasteiger charge is 2.25. The number of hydrogen-bond donors (Lipinski definition) is 2. The van der Waals surface area contributed by atoms with Crippen LogP contribution in [0.1, 0.15) is 18.4 Å². The summed E-state index contributed by atoms with van der Waals surface area (Å²) in [5, 5.41) is 16.2. The second-order valence-corrected chi connectivity index (χ2v) is 6.10. The molecule has 0 spiro atoms. The first-order valence-electron chi connectivity index (χ1n) is 9.05. The lowest BCUT2D eigenvalue weighted by Gasteiger charge is -2.17. The smallest absolute Gasteiger partial charge is 0.327 e. The summed E-state index contributed by atoms with van der Waals surface area (Å²) < 4.78 is 5.10. The van der Waals surface area contributed by atoms with E-state index in [1.54, 1.807) is 6.92 Å². The van der Waals surface area contributed by atoms with Crippen LogP contribution in [0.4, 0.5) is 22.7 Å². The van der Waals surface area contributed by atoms with E-state index in [0.717, 1.165) is 17.1 Å². The third-order valence-electron chi connectivity index (χ3n) is 4.13. The molecule has 0 radical (unpaired) electrons. The normalized spacial score (nSPS) is 11.1. The minimum Gasteiger partial charge on any atom is -0.465 e. The van der Waals surface area contributed by atoms with E-state index in [9.17, 15) is 10.1 Å². The Morgan fingerprint density at radius 3 is 2.11 bits per heavy atom. The van der Waals surface area contributed by atoms with Gasteiger partial charge >= 0.3 is 5.97 Å². The first kappa shape index (κ1) is 19.0. The Bertz CT molecular complexity index is 966. The number of nitrogens with zero attached hydrogens (tertiary/aromatic N) is 1. The number of benzene rings is 3. The Kier molecular flexibility index (Phi) is 6.27. The minimum absolute atomic E-state index is 0.223. The number of esters is 1. The highest BCUT2D eigenvalue weighted by Crippen LogP contribution is 2.32. The molecule has 5 heteroatoms. The summed E-state index contributed by atoms with van der Waals surface area (Å²) in [4.78, 5) is 12.4. The van der Waals surface area contributed by atoms with Crippen molar-refractivity contribution in [3.05, 3.63) is 84.4 Å². The summed E-state index contributed by atoms with van der Waals surface area (Å²) in [5.41, 5.74) is 3.81. The van der Waals surface area contributed by atoms with Gasteiger partial charge in [-0.25, -0.2) is 0 Å². The van der Waals surface area contributed by atoms with Crippen LogP contribution in [0.15, 0.2) is 78.9 Å². The fraction of sp³-hybridized carbons (Fsp3) is 0.130. The maximum Gasteiger partial charge on any atom is 0.327 e. The number of nitriles is 1. The Morgan fingerprint density at radius 1 is 0.929 bits per heavy atom. The van der Waals surface area contributed by atoms with Gasteiger partial charge in [-0.15, -0.1) is 0 Å². The number of hydrogen-bond acceptors (Lipinski definition) is 5. The molecule has 0 heterocycles. The molecule has 0 aliphatic carbocycles. The molecule has 5 nitrogen and oxygen atoms in total. The Balaban J connectivity index is 1.98. The van der Waals surface area contributed by atoms with Gasteiger partial charge in [0, 0.05) is 28.3 Å². The SMILES string of the molecule is CCOC(=O)C(C#N)c1cc(Nc2ccccc2)ccc1Nc1ccccc1. The van der Waals surface area contributed by atoms with Gasteiger partial charge < -0.3 is 15.4 Å². The number of rotatable bonds is 7. The van der Waals surface area contributed by atoms with Crippen LogP contribution < -0.4 is 10.6 Å². The van der Waals surface area contributed by atoms with Gasteiger partial charge in [0.1, 0.15) is 0 Å². The highest BCUT2D eigenvalue weighted by atomic mass is 16.5.